The molecular weight excluding hydrogens is 300 g/mol. The molecule has 1 N–H and O–H groups in total. The number of hydrogen-bond acceptors (Lipinski definition) is 4. The average Bonchev–Trinajstić information content (AvgIpc) is 2.45. The Bertz CT molecular complexity index is 749. The lowest BCUT2D eigenvalue weighted by Gasteiger charge is -2.14. The van der Waals surface area contributed by atoms with E-state index >= 15 is 0 Å². The molecule has 0 amide bonds. The van der Waals surface area contributed by atoms with Gasteiger partial charge in [-0.15, -0.1) is 0 Å². The predicted molar refractivity (Wildman–Crippen MR) is 85.9 cm³/mol. The molecule has 5 heteroatoms. The number of sulfone groups is 1. The number of aryl methyl sites for hydroxylation is 2. The van der Waals surface area contributed by atoms with Crippen molar-refractivity contribution in [1.82, 2.24) is 0 Å². The summed E-state index contributed by atoms with van der Waals surface area (Å²) in [5, 5.41) is 10.1. The highest BCUT2D eigenvalue weighted by Gasteiger charge is 2.12. The average molecular weight is 320 g/mol. The van der Waals surface area contributed by atoms with Gasteiger partial charge in [0.1, 0.15) is 18.5 Å². The first-order chi connectivity index (χ1) is 10.3. The standard InChI is InChI=1S/C17H20O4S/c1-12-4-9-17(13(2)10-12)21-11-16(18)14-5-7-15(8-6-14)22(3,19)20/h4-10,16,18H,11H2,1-3H3. The van der Waals surface area contributed by atoms with Crippen molar-refractivity contribution in [3.05, 3.63) is 59.2 Å². The Morgan fingerprint density at radius 3 is 2.27 bits per heavy atom. The van der Waals surface area contributed by atoms with Crippen LogP contribution < -0.4 is 4.74 Å². The Morgan fingerprint density at radius 1 is 1.09 bits per heavy atom. The summed E-state index contributed by atoms with van der Waals surface area (Å²) in [6.07, 6.45) is 0.344. The Hall–Kier alpha value is -1.85. The van der Waals surface area contributed by atoms with Crippen LogP contribution in [0.1, 0.15) is 22.8 Å². The SMILES string of the molecule is Cc1ccc(OCC(O)c2ccc(S(C)(=O)=O)cc2)c(C)c1. The Labute approximate surface area is 131 Å². The van der Waals surface area contributed by atoms with E-state index in [1.807, 2.05) is 32.0 Å². The van der Waals surface area contributed by atoms with Crippen molar-refractivity contribution >= 4 is 9.84 Å². The quantitative estimate of drug-likeness (QED) is 0.920. The zero-order valence-electron chi connectivity index (χ0n) is 12.9. The third-order valence-electron chi connectivity index (χ3n) is 3.42. The van der Waals surface area contributed by atoms with Crippen molar-refractivity contribution < 1.29 is 18.3 Å². The van der Waals surface area contributed by atoms with Crippen molar-refractivity contribution in [2.24, 2.45) is 0 Å². The van der Waals surface area contributed by atoms with Crippen LogP contribution in [0.4, 0.5) is 0 Å². The van der Waals surface area contributed by atoms with E-state index < -0.39 is 15.9 Å². The Kier molecular flexibility index (Phi) is 4.88. The van der Waals surface area contributed by atoms with Crippen molar-refractivity contribution in [3.63, 3.8) is 0 Å². The summed E-state index contributed by atoms with van der Waals surface area (Å²) < 4.78 is 28.4. The van der Waals surface area contributed by atoms with Crippen molar-refractivity contribution in [2.75, 3.05) is 12.9 Å². The molecule has 4 nitrogen and oxygen atoms in total. The molecule has 0 radical (unpaired) electrons. The molecule has 0 saturated heterocycles. The third-order valence-corrected chi connectivity index (χ3v) is 4.55. The largest absolute Gasteiger partial charge is 0.490 e. The smallest absolute Gasteiger partial charge is 0.175 e. The van der Waals surface area contributed by atoms with Gasteiger partial charge in [0.05, 0.1) is 4.90 Å². The molecule has 0 heterocycles. The van der Waals surface area contributed by atoms with Crippen LogP contribution >= 0.6 is 0 Å². The molecule has 0 aliphatic heterocycles. The highest BCUT2D eigenvalue weighted by Crippen LogP contribution is 2.22. The normalized spacial score (nSPS) is 12.9. The van der Waals surface area contributed by atoms with Crippen LogP contribution in [0, 0.1) is 13.8 Å². The van der Waals surface area contributed by atoms with E-state index in [0.29, 0.717) is 5.56 Å². The lowest BCUT2D eigenvalue weighted by molar-refractivity contribution is 0.108. The number of benzene rings is 2. The predicted octanol–water partition coefficient (Wildman–Crippen LogP) is 2.82. The Balaban J connectivity index is 2.04. The van der Waals surface area contributed by atoms with E-state index in [9.17, 15) is 13.5 Å². The summed E-state index contributed by atoms with van der Waals surface area (Å²) in [5.41, 5.74) is 2.79. The second-order valence-electron chi connectivity index (χ2n) is 5.44. The van der Waals surface area contributed by atoms with Crippen LogP contribution in [0.3, 0.4) is 0 Å². The number of aliphatic hydroxyl groups is 1. The monoisotopic (exact) mass is 320 g/mol. The molecule has 2 aromatic carbocycles. The molecule has 0 aromatic heterocycles. The molecule has 2 aromatic rings. The van der Waals surface area contributed by atoms with Gasteiger partial charge in [-0.2, -0.15) is 0 Å². The van der Waals surface area contributed by atoms with Gasteiger partial charge < -0.3 is 9.84 Å². The minimum absolute atomic E-state index is 0.113. The maximum atomic E-state index is 11.4. The fourth-order valence-electron chi connectivity index (χ4n) is 2.16. The summed E-state index contributed by atoms with van der Waals surface area (Å²) in [6, 6.07) is 12.0. The number of ether oxygens (including phenoxy) is 1. The molecule has 1 atom stereocenters. The van der Waals surface area contributed by atoms with Gasteiger partial charge in [0.2, 0.25) is 0 Å². The molecule has 0 fully saturated rings. The van der Waals surface area contributed by atoms with Gasteiger partial charge in [-0.05, 0) is 43.2 Å². The summed E-state index contributed by atoms with van der Waals surface area (Å²) in [6.45, 7) is 4.08. The van der Waals surface area contributed by atoms with E-state index in [-0.39, 0.29) is 11.5 Å². The molecule has 0 saturated carbocycles. The number of aliphatic hydroxyl groups excluding tert-OH is 1. The van der Waals surface area contributed by atoms with E-state index in [1.165, 1.54) is 12.1 Å². The first kappa shape index (κ1) is 16.5. The topological polar surface area (TPSA) is 63.6 Å². The van der Waals surface area contributed by atoms with Gasteiger partial charge in [0.15, 0.2) is 9.84 Å². The zero-order valence-corrected chi connectivity index (χ0v) is 13.7. The second kappa shape index (κ2) is 6.50. The second-order valence-corrected chi connectivity index (χ2v) is 7.45. The lowest BCUT2D eigenvalue weighted by Crippen LogP contribution is -2.10. The first-order valence-corrected chi connectivity index (χ1v) is 8.84. The van der Waals surface area contributed by atoms with Crippen LogP contribution in [0.2, 0.25) is 0 Å². The van der Waals surface area contributed by atoms with Crippen LogP contribution in [-0.2, 0) is 9.84 Å². The maximum absolute atomic E-state index is 11.4. The van der Waals surface area contributed by atoms with Crippen molar-refractivity contribution in [1.29, 1.82) is 0 Å². The van der Waals surface area contributed by atoms with E-state index in [1.54, 1.807) is 12.1 Å². The minimum Gasteiger partial charge on any atom is -0.490 e. The van der Waals surface area contributed by atoms with E-state index in [2.05, 4.69) is 0 Å². The number of rotatable bonds is 5. The maximum Gasteiger partial charge on any atom is 0.175 e. The highest BCUT2D eigenvalue weighted by atomic mass is 32.2. The third kappa shape index (κ3) is 4.08. The molecule has 118 valence electrons. The molecule has 0 spiro atoms. The van der Waals surface area contributed by atoms with Gasteiger partial charge in [-0.1, -0.05) is 29.8 Å². The summed E-state index contributed by atoms with van der Waals surface area (Å²) >= 11 is 0. The summed E-state index contributed by atoms with van der Waals surface area (Å²) in [4.78, 5) is 0.235. The zero-order chi connectivity index (χ0) is 16.3. The Morgan fingerprint density at radius 2 is 1.73 bits per heavy atom. The molecule has 22 heavy (non-hydrogen) atoms. The minimum atomic E-state index is -3.22. The fourth-order valence-corrected chi connectivity index (χ4v) is 2.79. The van der Waals surface area contributed by atoms with Gasteiger partial charge in [-0.3, -0.25) is 0 Å². The van der Waals surface area contributed by atoms with Crippen LogP contribution in [-0.4, -0.2) is 26.4 Å². The van der Waals surface area contributed by atoms with Crippen LogP contribution in [0.25, 0.3) is 0 Å². The fraction of sp³-hybridized carbons (Fsp3) is 0.294. The van der Waals surface area contributed by atoms with Gasteiger partial charge in [0.25, 0.3) is 0 Å². The van der Waals surface area contributed by atoms with Gasteiger partial charge in [-0.25, -0.2) is 8.42 Å². The molecule has 0 aliphatic rings. The van der Waals surface area contributed by atoms with Gasteiger partial charge >= 0.3 is 0 Å². The van der Waals surface area contributed by atoms with Crippen molar-refractivity contribution in [3.8, 4) is 5.75 Å². The highest BCUT2D eigenvalue weighted by molar-refractivity contribution is 7.90. The molecule has 0 bridgehead atoms. The van der Waals surface area contributed by atoms with Crippen LogP contribution in [0.5, 0.6) is 5.75 Å². The lowest BCUT2D eigenvalue weighted by atomic mass is 10.1. The summed E-state index contributed by atoms with van der Waals surface area (Å²) in [5.74, 6) is 0.734. The summed E-state index contributed by atoms with van der Waals surface area (Å²) in [7, 11) is -3.22. The molecule has 2 rings (SSSR count). The first-order valence-electron chi connectivity index (χ1n) is 6.95. The van der Waals surface area contributed by atoms with Crippen molar-refractivity contribution in [2.45, 2.75) is 24.8 Å². The van der Waals surface area contributed by atoms with E-state index in [0.717, 1.165) is 23.1 Å². The van der Waals surface area contributed by atoms with Crippen LogP contribution in [0.15, 0.2) is 47.4 Å². The van der Waals surface area contributed by atoms with E-state index in [4.69, 9.17) is 4.74 Å². The molecular formula is C17H20O4S. The number of hydrogen-bond donors (Lipinski definition) is 1. The van der Waals surface area contributed by atoms with Gasteiger partial charge in [0, 0.05) is 6.26 Å². The molecule has 1 unspecified atom stereocenters. The molecule has 0 aliphatic carbocycles.